The second-order valence-corrected chi connectivity index (χ2v) is 6.34. The van der Waals surface area contributed by atoms with E-state index in [-0.39, 0.29) is 5.78 Å². The molecule has 0 N–H and O–H groups in total. The standard InChI is InChI=1S/C14H14BrNOS/c1-2-16(11-6-4-3-5-7-11)10-12(17)13-8-9-14(15)18-13/h3-9H,2,10H2,1H3. The smallest absolute Gasteiger partial charge is 0.192 e. The monoisotopic (exact) mass is 323 g/mol. The number of anilines is 1. The number of halogens is 1. The lowest BCUT2D eigenvalue weighted by Gasteiger charge is -2.21. The number of rotatable bonds is 5. The average Bonchev–Trinajstić information content (AvgIpc) is 2.83. The maximum Gasteiger partial charge on any atom is 0.192 e. The Hall–Kier alpha value is -1.13. The number of hydrogen-bond acceptors (Lipinski definition) is 3. The Balaban J connectivity index is 2.10. The molecule has 1 heterocycles. The molecule has 0 spiro atoms. The first-order valence-electron chi connectivity index (χ1n) is 5.79. The van der Waals surface area contributed by atoms with Gasteiger partial charge >= 0.3 is 0 Å². The molecule has 0 radical (unpaired) electrons. The van der Waals surface area contributed by atoms with Gasteiger partial charge < -0.3 is 4.90 Å². The van der Waals surface area contributed by atoms with Crippen LogP contribution in [0.1, 0.15) is 16.6 Å². The average molecular weight is 324 g/mol. The molecule has 1 aromatic heterocycles. The molecule has 0 saturated carbocycles. The number of nitrogens with zero attached hydrogens (tertiary/aromatic N) is 1. The van der Waals surface area contributed by atoms with E-state index in [0.29, 0.717) is 6.54 Å². The first-order chi connectivity index (χ1) is 8.70. The molecule has 0 saturated heterocycles. The molecule has 0 aliphatic rings. The van der Waals surface area contributed by atoms with Crippen molar-refractivity contribution in [3.63, 3.8) is 0 Å². The summed E-state index contributed by atoms with van der Waals surface area (Å²) in [7, 11) is 0. The van der Waals surface area contributed by atoms with Gasteiger partial charge in [-0.2, -0.15) is 0 Å². The lowest BCUT2D eigenvalue weighted by molar-refractivity contribution is 0.100. The van der Waals surface area contributed by atoms with E-state index in [1.165, 1.54) is 11.3 Å². The largest absolute Gasteiger partial charge is 0.364 e. The Morgan fingerprint density at radius 3 is 2.50 bits per heavy atom. The third-order valence-electron chi connectivity index (χ3n) is 2.69. The van der Waals surface area contributed by atoms with E-state index < -0.39 is 0 Å². The summed E-state index contributed by atoms with van der Waals surface area (Å²) in [5.41, 5.74) is 1.09. The van der Waals surface area contributed by atoms with Gasteiger partial charge in [0.25, 0.3) is 0 Å². The zero-order chi connectivity index (χ0) is 13.0. The fraction of sp³-hybridized carbons (Fsp3) is 0.214. The SMILES string of the molecule is CCN(CC(=O)c1ccc(Br)s1)c1ccccc1. The zero-order valence-corrected chi connectivity index (χ0v) is 12.5. The number of thiophene rings is 1. The van der Waals surface area contributed by atoms with Crippen LogP contribution in [0.15, 0.2) is 46.3 Å². The van der Waals surface area contributed by atoms with Crippen LogP contribution in [0.5, 0.6) is 0 Å². The van der Waals surface area contributed by atoms with Gasteiger partial charge in [0.15, 0.2) is 5.78 Å². The Labute approximate surface area is 119 Å². The fourth-order valence-electron chi connectivity index (χ4n) is 1.74. The van der Waals surface area contributed by atoms with E-state index in [9.17, 15) is 4.79 Å². The predicted molar refractivity (Wildman–Crippen MR) is 80.7 cm³/mol. The van der Waals surface area contributed by atoms with Gasteiger partial charge in [0, 0.05) is 12.2 Å². The summed E-state index contributed by atoms with van der Waals surface area (Å²) in [5.74, 6) is 0.163. The molecule has 2 nitrogen and oxygen atoms in total. The van der Waals surface area contributed by atoms with Gasteiger partial charge in [-0.05, 0) is 47.1 Å². The summed E-state index contributed by atoms with van der Waals surface area (Å²) in [4.78, 5) is 15.0. The number of likely N-dealkylation sites (N-methyl/N-ethyl adjacent to an activating group) is 1. The minimum absolute atomic E-state index is 0.163. The van der Waals surface area contributed by atoms with E-state index in [1.54, 1.807) is 0 Å². The highest BCUT2D eigenvalue weighted by Crippen LogP contribution is 2.23. The first-order valence-corrected chi connectivity index (χ1v) is 7.40. The molecule has 0 amide bonds. The van der Waals surface area contributed by atoms with Crippen molar-refractivity contribution in [3.8, 4) is 0 Å². The predicted octanol–water partition coefficient (Wildman–Crippen LogP) is 4.22. The lowest BCUT2D eigenvalue weighted by Crippen LogP contribution is -2.29. The number of para-hydroxylation sites is 1. The Morgan fingerprint density at radius 1 is 1.22 bits per heavy atom. The zero-order valence-electron chi connectivity index (χ0n) is 10.1. The lowest BCUT2D eigenvalue weighted by atomic mass is 10.2. The van der Waals surface area contributed by atoms with Crippen molar-refractivity contribution in [2.75, 3.05) is 18.0 Å². The van der Waals surface area contributed by atoms with Crippen LogP contribution in [0.25, 0.3) is 0 Å². The summed E-state index contributed by atoms with van der Waals surface area (Å²) in [5, 5.41) is 0. The van der Waals surface area contributed by atoms with Crippen LogP contribution in [-0.4, -0.2) is 18.9 Å². The molecule has 0 fully saturated rings. The second-order valence-electron chi connectivity index (χ2n) is 3.88. The van der Waals surface area contributed by atoms with Gasteiger partial charge in [-0.25, -0.2) is 0 Å². The van der Waals surface area contributed by atoms with E-state index in [1.807, 2.05) is 42.5 Å². The van der Waals surface area contributed by atoms with Crippen LogP contribution in [0.4, 0.5) is 5.69 Å². The van der Waals surface area contributed by atoms with Crippen LogP contribution in [0.3, 0.4) is 0 Å². The third kappa shape index (κ3) is 3.21. The molecule has 0 aliphatic heterocycles. The van der Waals surface area contributed by atoms with Crippen LogP contribution in [0, 0.1) is 0 Å². The number of Topliss-reactive ketones (excluding diaryl/α,β-unsaturated/α-hetero) is 1. The van der Waals surface area contributed by atoms with Gasteiger partial charge in [-0.1, -0.05) is 18.2 Å². The van der Waals surface area contributed by atoms with Crippen LogP contribution in [0.2, 0.25) is 0 Å². The van der Waals surface area contributed by atoms with Crippen molar-refractivity contribution in [1.29, 1.82) is 0 Å². The van der Waals surface area contributed by atoms with Gasteiger partial charge in [0.2, 0.25) is 0 Å². The van der Waals surface area contributed by atoms with Gasteiger partial charge in [0.05, 0.1) is 15.2 Å². The van der Waals surface area contributed by atoms with Crippen molar-refractivity contribution in [2.45, 2.75) is 6.92 Å². The second kappa shape index (κ2) is 6.16. The van der Waals surface area contributed by atoms with E-state index >= 15 is 0 Å². The number of carbonyl (C=O) groups excluding carboxylic acids is 1. The van der Waals surface area contributed by atoms with Gasteiger partial charge in [-0.15, -0.1) is 11.3 Å². The topological polar surface area (TPSA) is 20.3 Å². The fourth-order valence-corrected chi connectivity index (χ4v) is 3.06. The molecule has 18 heavy (non-hydrogen) atoms. The molecule has 2 aromatic rings. The molecule has 0 atom stereocenters. The van der Waals surface area contributed by atoms with Crippen molar-refractivity contribution in [3.05, 3.63) is 51.1 Å². The molecule has 2 rings (SSSR count). The van der Waals surface area contributed by atoms with Crippen LogP contribution < -0.4 is 4.90 Å². The van der Waals surface area contributed by atoms with Gasteiger partial charge in [-0.3, -0.25) is 4.79 Å². The maximum absolute atomic E-state index is 12.1. The van der Waals surface area contributed by atoms with E-state index in [2.05, 4.69) is 27.8 Å². The molecule has 1 aromatic carbocycles. The first kappa shape index (κ1) is 13.3. The third-order valence-corrected chi connectivity index (χ3v) is 4.35. The minimum atomic E-state index is 0.163. The Morgan fingerprint density at radius 2 is 1.94 bits per heavy atom. The number of ketones is 1. The van der Waals surface area contributed by atoms with Crippen molar-refractivity contribution < 1.29 is 4.79 Å². The normalized spacial score (nSPS) is 10.3. The summed E-state index contributed by atoms with van der Waals surface area (Å²) in [6, 6.07) is 13.8. The molecule has 0 unspecified atom stereocenters. The number of hydrogen-bond donors (Lipinski definition) is 0. The van der Waals surface area contributed by atoms with Crippen LogP contribution in [-0.2, 0) is 0 Å². The molecule has 94 valence electrons. The molecule has 0 aliphatic carbocycles. The number of benzene rings is 1. The molecule has 0 bridgehead atoms. The van der Waals surface area contributed by atoms with Crippen LogP contribution >= 0.6 is 27.3 Å². The highest BCUT2D eigenvalue weighted by molar-refractivity contribution is 9.11. The minimum Gasteiger partial charge on any atom is -0.364 e. The molecular formula is C14H14BrNOS. The van der Waals surface area contributed by atoms with Crippen molar-refractivity contribution >= 4 is 38.7 Å². The highest BCUT2D eigenvalue weighted by atomic mass is 79.9. The van der Waals surface area contributed by atoms with E-state index in [0.717, 1.165) is 20.9 Å². The summed E-state index contributed by atoms with van der Waals surface area (Å²) >= 11 is 4.87. The van der Waals surface area contributed by atoms with Crippen molar-refractivity contribution in [1.82, 2.24) is 0 Å². The maximum atomic E-state index is 12.1. The van der Waals surface area contributed by atoms with Gasteiger partial charge in [0.1, 0.15) is 0 Å². The number of carbonyl (C=O) groups is 1. The Bertz CT molecular complexity index is 524. The van der Waals surface area contributed by atoms with Crippen molar-refractivity contribution in [2.24, 2.45) is 0 Å². The molecular weight excluding hydrogens is 310 g/mol. The molecule has 4 heteroatoms. The summed E-state index contributed by atoms with van der Waals surface area (Å²) < 4.78 is 0.994. The summed E-state index contributed by atoms with van der Waals surface area (Å²) in [6.45, 7) is 3.31. The highest BCUT2D eigenvalue weighted by Gasteiger charge is 2.13. The quantitative estimate of drug-likeness (QED) is 0.768. The van der Waals surface area contributed by atoms with E-state index in [4.69, 9.17) is 0 Å². The Kier molecular flexibility index (Phi) is 4.55. The summed E-state index contributed by atoms with van der Waals surface area (Å²) in [6.07, 6.45) is 0.